The molecule has 0 unspecified atom stereocenters. The molecule has 0 fully saturated rings. The van der Waals surface area contributed by atoms with Crippen LogP contribution in [0.15, 0.2) is 122 Å². The van der Waals surface area contributed by atoms with Gasteiger partial charge in [0.2, 0.25) is 0 Å². The summed E-state index contributed by atoms with van der Waals surface area (Å²) in [5.41, 5.74) is 6.82. The number of hydrogen-bond donors (Lipinski definition) is 0. The number of benzene rings is 8. The van der Waals surface area contributed by atoms with Crippen LogP contribution in [0.25, 0.3) is 86.2 Å². The first-order valence-electron chi connectivity index (χ1n) is 28.4. The Bertz CT molecular complexity index is 4000. The minimum atomic E-state index is -2.17. The summed E-state index contributed by atoms with van der Waals surface area (Å²) in [5.74, 6) is 11.5. The zero-order valence-electron chi connectivity index (χ0n) is 46.0. The lowest BCUT2D eigenvalue weighted by atomic mass is 9.88. The minimum absolute atomic E-state index is 0.279. The van der Waals surface area contributed by atoms with E-state index < -0.39 is 8.07 Å². The van der Waals surface area contributed by atoms with E-state index >= 15 is 0 Å². The van der Waals surface area contributed by atoms with Crippen molar-refractivity contribution >= 4 is 94.3 Å². The lowest BCUT2D eigenvalue weighted by molar-refractivity contribution is 0.547. The molecule has 8 aromatic carbocycles. The highest BCUT2D eigenvalue weighted by Gasteiger charge is 2.42. The van der Waals surface area contributed by atoms with Crippen molar-refractivity contribution in [3.05, 3.63) is 161 Å². The van der Waals surface area contributed by atoms with Crippen molar-refractivity contribution in [1.82, 2.24) is 9.13 Å². The zero-order chi connectivity index (χ0) is 53.4. The van der Waals surface area contributed by atoms with E-state index in [0.29, 0.717) is 67.6 Å². The number of rotatable bonds is 17. The number of fused-ring (bicyclic) bond motifs is 8. The second-order valence-electron chi connectivity index (χ2n) is 22.7. The third kappa shape index (κ3) is 9.40. The molecule has 386 valence electrons. The average Bonchev–Trinajstić information content (AvgIpc) is 3.80. The Morgan fingerprint density at radius 1 is 0.355 bits per heavy atom. The SMILES string of the molecule is CCCCCCCCn1c(=O)c2cc3cc4cc5c(=O)n(CCCCCCCC)c(=O)c5cc4c(C#Cc4c5cc6ccccc6cc5c(C#C[Si](C(C)C)(C(C)C)C(C)C)c5cc6ccccc6cc45)c3cc2c1=O. The summed E-state index contributed by atoms with van der Waals surface area (Å²) in [5, 5.41) is 12.9. The molecule has 10 aromatic rings. The Labute approximate surface area is 447 Å². The van der Waals surface area contributed by atoms with Gasteiger partial charge in [-0.05, 0) is 149 Å². The molecule has 0 spiro atoms. The fraction of sp³-hybridized carbons (Fsp3) is 0.362. The topological polar surface area (TPSA) is 78.1 Å². The molecule has 0 bridgehead atoms. The standard InChI is InChI=1S/C69H72N2O4Si/c1-9-11-13-15-17-23-32-70-66(72)62-40-51-35-52-41-63-65(69(75)71(67(63)73)33-24-18-16-14-12-10-2)43-57(52)53(56(51)42-64(62)68(70)74)29-30-54-58-36-47-25-19-21-27-49(47)38-60(58)55(31-34-76(44(3)4,45(5)6)46(7)8)61-39-50-28-22-20-26-48(50)37-59(54)61/h19-22,25-28,35-46H,9-18,23-24,32-33H2,1-8H3. The van der Waals surface area contributed by atoms with Crippen LogP contribution in [0.1, 0.15) is 149 Å². The van der Waals surface area contributed by atoms with Gasteiger partial charge >= 0.3 is 0 Å². The molecule has 76 heavy (non-hydrogen) atoms. The molecule has 0 N–H and O–H groups in total. The summed E-state index contributed by atoms with van der Waals surface area (Å²) in [6.45, 7) is 19.3. The van der Waals surface area contributed by atoms with E-state index in [-0.39, 0.29) is 22.2 Å². The summed E-state index contributed by atoms with van der Waals surface area (Å²) < 4.78 is 2.82. The number of nitrogens with zero attached hydrogens (tertiary/aromatic N) is 2. The van der Waals surface area contributed by atoms with Gasteiger partial charge in [0.1, 0.15) is 8.07 Å². The van der Waals surface area contributed by atoms with Gasteiger partial charge in [-0.2, -0.15) is 0 Å². The molecule has 0 aliphatic heterocycles. The van der Waals surface area contributed by atoms with Crippen LogP contribution in [-0.2, 0) is 13.1 Å². The molecule has 0 aliphatic carbocycles. The minimum Gasteiger partial charge on any atom is -0.274 e. The van der Waals surface area contributed by atoms with E-state index in [2.05, 4.69) is 151 Å². The maximum Gasteiger partial charge on any atom is 0.261 e. The average molecular weight is 1020 g/mol. The maximum atomic E-state index is 14.3. The molecule has 0 aliphatic rings. The van der Waals surface area contributed by atoms with Gasteiger partial charge in [0.15, 0.2) is 0 Å². The molecule has 0 saturated heterocycles. The van der Waals surface area contributed by atoms with Crippen molar-refractivity contribution in [3.8, 4) is 23.3 Å². The summed E-state index contributed by atoms with van der Waals surface area (Å²) in [6, 6.07) is 35.4. The Hall–Kier alpha value is -7.06. The highest BCUT2D eigenvalue weighted by molar-refractivity contribution is 6.90. The predicted octanol–water partition coefficient (Wildman–Crippen LogP) is 16.5. The highest BCUT2D eigenvalue weighted by atomic mass is 28.3. The van der Waals surface area contributed by atoms with E-state index in [0.717, 1.165) is 129 Å². The van der Waals surface area contributed by atoms with Crippen molar-refractivity contribution in [1.29, 1.82) is 0 Å². The molecular weight excluding hydrogens is 949 g/mol. The van der Waals surface area contributed by atoms with Crippen molar-refractivity contribution in [2.75, 3.05) is 0 Å². The van der Waals surface area contributed by atoms with E-state index in [1.165, 1.54) is 22.0 Å². The molecule has 0 saturated carbocycles. The number of aromatic nitrogens is 2. The lowest BCUT2D eigenvalue weighted by Gasteiger charge is -2.38. The summed E-state index contributed by atoms with van der Waals surface area (Å²) >= 11 is 0. The van der Waals surface area contributed by atoms with Gasteiger partial charge in [-0.1, -0.05) is 186 Å². The first kappa shape index (κ1) is 52.4. The molecule has 6 nitrogen and oxygen atoms in total. The molecule has 2 heterocycles. The zero-order valence-corrected chi connectivity index (χ0v) is 47.0. The quantitative estimate of drug-likeness (QED) is 0.0394. The highest BCUT2D eigenvalue weighted by Crippen LogP contribution is 2.43. The molecule has 0 amide bonds. The van der Waals surface area contributed by atoms with Crippen molar-refractivity contribution in [2.24, 2.45) is 0 Å². The second-order valence-corrected chi connectivity index (χ2v) is 28.3. The molecule has 0 atom stereocenters. The Morgan fingerprint density at radius 2 is 0.658 bits per heavy atom. The maximum absolute atomic E-state index is 14.3. The Balaban J connectivity index is 1.26. The van der Waals surface area contributed by atoms with Gasteiger partial charge in [0, 0.05) is 29.8 Å². The largest absolute Gasteiger partial charge is 0.274 e. The van der Waals surface area contributed by atoms with Crippen LogP contribution >= 0.6 is 0 Å². The smallest absolute Gasteiger partial charge is 0.261 e. The third-order valence-electron chi connectivity index (χ3n) is 17.0. The van der Waals surface area contributed by atoms with Gasteiger partial charge < -0.3 is 0 Å². The van der Waals surface area contributed by atoms with Crippen molar-refractivity contribution in [3.63, 3.8) is 0 Å². The van der Waals surface area contributed by atoms with Gasteiger partial charge in [-0.3, -0.25) is 28.3 Å². The van der Waals surface area contributed by atoms with Crippen LogP contribution in [0.4, 0.5) is 0 Å². The van der Waals surface area contributed by atoms with Gasteiger partial charge in [-0.25, -0.2) is 0 Å². The van der Waals surface area contributed by atoms with E-state index in [4.69, 9.17) is 0 Å². The van der Waals surface area contributed by atoms with E-state index in [9.17, 15) is 19.2 Å². The van der Waals surface area contributed by atoms with Crippen LogP contribution < -0.4 is 22.2 Å². The monoisotopic (exact) mass is 1020 g/mol. The Kier molecular flexibility index (Phi) is 15.1. The first-order chi connectivity index (χ1) is 36.8. The molecule has 2 aromatic heterocycles. The fourth-order valence-corrected chi connectivity index (χ4v) is 18.1. The van der Waals surface area contributed by atoms with Crippen LogP contribution in [0.3, 0.4) is 0 Å². The predicted molar refractivity (Wildman–Crippen MR) is 327 cm³/mol. The second kappa shape index (κ2) is 21.9. The van der Waals surface area contributed by atoms with Gasteiger partial charge in [-0.15, -0.1) is 5.54 Å². The normalized spacial score (nSPS) is 12.2. The van der Waals surface area contributed by atoms with Crippen LogP contribution in [0, 0.1) is 23.3 Å². The van der Waals surface area contributed by atoms with Crippen molar-refractivity contribution < 1.29 is 0 Å². The molecule has 7 heteroatoms. The number of hydrogen-bond acceptors (Lipinski definition) is 4. The summed E-state index contributed by atoms with van der Waals surface area (Å²) in [4.78, 5) is 57.0. The van der Waals surface area contributed by atoms with Gasteiger partial charge in [0.05, 0.1) is 21.5 Å². The molecule has 0 radical (unpaired) electrons. The van der Waals surface area contributed by atoms with Crippen molar-refractivity contribution in [2.45, 2.75) is 162 Å². The first-order valence-corrected chi connectivity index (χ1v) is 30.7. The molecular formula is C69H72N2O4Si. The summed E-state index contributed by atoms with van der Waals surface area (Å²) in [7, 11) is -2.17. The Morgan fingerprint density at radius 3 is 1.01 bits per heavy atom. The van der Waals surface area contributed by atoms with Crippen LogP contribution in [0.2, 0.25) is 16.6 Å². The molecule has 10 rings (SSSR count). The van der Waals surface area contributed by atoms with Crippen LogP contribution in [0.5, 0.6) is 0 Å². The number of unbranched alkanes of at least 4 members (excludes halogenated alkanes) is 10. The summed E-state index contributed by atoms with van der Waals surface area (Å²) in [6.07, 6.45) is 12.5. The third-order valence-corrected chi connectivity index (χ3v) is 23.3. The lowest BCUT2D eigenvalue weighted by Crippen LogP contribution is -2.43. The van der Waals surface area contributed by atoms with E-state index in [1.54, 1.807) is 0 Å². The van der Waals surface area contributed by atoms with Crippen LogP contribution in [-0.4, -0.2) is 17.2 Å². The fourth-order valence-electron chi connectivity index (χ4n) is 12.9. The van der Waals surface area contributed by atoms with Gasteiger partial charge in [0.25, 0.3) is 22.2 Å². The van der Waals surface area contributed by atoms with E-state index in [1.807, 2.05) is 30.3 Å².